The van der Waals surface area contributed by atoms with Crippen LogP contribution in [0.4, 0.5) is 23.1 Å². The van der Waals surface area contributed by atoms with Gasteiger partial charge in [0.05, 0.1) is 24.1 Å². The van der Waals surface area contributed by atoms with Gasteiger partial charge in [0.15, 0.2) is 5.78 Å². The Morgan fingerprint density at radius 1 is 1.03 bits per heavy atom. The smallest absolute Gasteiger partial charge is 0.229 e. The zero-order valence-corrected chi connectivity index (χ0v) is 18.0. The van der Waals surface area contributed by atoms with Gasteiger partial charge in [-0.15, -0.1) is 0 Å². The number of methoxy groups -OCH3 is 1. The van der Waals surface area contributed by atoms with Crippen molar-refractivity contribution in [1.29, 1.82) is 0 Å². The van der Waals surface area contributed by atoms with Gasteiger partial charge >= 0.3 is 0 Å². The molecule has 2 N–H and O–H groups in total. The molecule has 1 heterocycles. The van der Waals surface area contributed by atoms with Crippen molar-refractivity contribution in [2.24, 2.45) is 5.92 Å². The maximum atomic E-state index is 12.8. The Morgan fingerprint density at radius 3 is 2.50 bits per heavy atom. The summed E-state index contributed by atoms with van der Waals surface area (Å²) in [6, 6.07) is 12.6. The minimum Gasteiger partial charge on any atom is -0.495 e. The summed E-state index contributed by atoms with van der Waals surface area (Å²) in [6.45, 7) is 2.04. The topological polar surface area (TPSA) is 76.1 Å². The molecular weight excluding hydrogens is 423 g/mol. The van der Waals surface area contributed by atoms with Gasteiger partial charge in [-0.2, -0.15) is 4.98 Å². The van der Waals surface area contributed by atoms with Crippen molar-refractivity contribution in [3.8, 4) is 5.75 Å². The van der Waals surface area contributed by atoms with E-state index < -0.39 is 0 Å². The third kappa shape index (κ3) is 4.35. The lowest BCUT2D eigenvalue weighted by atomic mass is 9.87. The maximum absolute atomic E-state index is 12.8. The quantitative estimate of drug-likeness (QED) is 0.501. The van der Waals surface area contributed by atoms with E-state index in [-0.39, 0.29) is 11.7 Å². The number of ketones is 1. The molecule has 30 heavy (non-hydrogen) atoms. The number of benzene rings is 2. The number of carbonyl (C=O) groups is 1. The average molecular weight is 443 g/mol. The highest BCUT2D eigenvalue weighted by Gasteiger charge is 2.28. The Bertz CT molecular complexity index is 1100. The van der Waals surface area contributed by atoms with Gasteiger partial charge in [-0.3, -0.25) is 4.79 Å². The van der Waals surface area contributed by atoms with E-state index in [4.69, 9.17) is 27.9 Å². The predicted molar refractivity (Wildman–Crippen MR) is 120 cm³/mol. The minimum absolute atomic E-state index is 0.0169. The highest BCUT2D eigenvalue weighted by molar-refractivity contribution is 6.35. The van der Waals surface area contributed by atoms with Gasteiger partial charge in [-0.05, 0) is 42.7 Å². The Balaban J connectivity index is 1.78. The largest absolute Gasteiger partial charge is 0.495 e. The van der Waals surface area contributed by atoms with Crippen molar-refractivity contribution in [2.75, 3.05) is 17.7 Å². The zero-order chi connectivity index (χ0) is 21.3. The van der Waals surface area contributed by atoms with Crippen LogP contribution in [-0.4, -0.2) is 22.9 Å². The Kier molecular flexibility index (Phi) is 5.79. The molecule has 0 saturated heterocycles. The average Bonchev–Trinajstić information content (AvgIpc) is 2.67. The second-order valence-corrected chi connectivity index (χ2v) is 8.14. The van der Waals surface area contributed by atoms with Crippen LogP contribution >= 0.6 is 23.2 Å². The summed E-state index contributed by atoms with van der Waals surface area (Å²) in [4.78, 5) is 22.0. The molecule has 0 saturated carbocycles. The number of halogens is 2. The van der Waals surface area contributed by atoms with Gasteiger partial charge in [0, 0.05) is 22.2 Å². The van der Waals surface area contributed by atoms with E-state index in [2.05, 4.69) is 20.6 Å². The number of nitrogens with zero attached hydrogens (tertiary/aromatic N) is 2. The fraction of sp³-hybridized carbons (Fsp3) is 0.227. The van der Waals surface area contributed by atoms with Gasteiger partial charge in [0.1, 0.15) is 11.6 Å². The number of para-hydroxylation sites is 2. The summed E-state index contributed by atoms with van der Waals surface area (Å²) < 4.78 is 5.40. The molecule has 0 aliphatic heterocycles. The van der Waals surface area contributed by atoms with E-state index in [0.717, 1.165) is 5.69 Å². The zero-order valence-electron chi connectivity index (χ0n) is 16.5. The molecule has 154 valence electrons. The van der Waals surface area contributed by atoms with Crippen LogP contribution in [0.25, 0.3) is 0 Å². The molecule has 4 rings (SSSR count). The molecule has 6 nitrogen and oxygen atoms in total. The van der Waals surface area contributed by atoms with E-state index in [1.54, 1.807) is 25.3 Å². The van der Waals surface area contributed by atoms with E-state index in [0.29, 0.717) is 57.3 Å². The van der Waals surface area contributed by atoms with Crippen LogP contribution < -0.4 is 15.4 Å². The summed E-state index contributed by atoms with van der Waals surface area (Å²) in [6.07, 6.45) is 1.15. The van der Waals surface area contributed by atoms with Gasteiger partial charge in [-0.25, -0.2) is 4.98 Å². The third-order valence-electron chi connectivity index (χ3n) is 4.82. The Morgan fingerprint density at radius 2 is 1.77 bits per heavy atom. The molecular formula is C22H20Cl2N4O2. The Hall–Kier alpha value is -2.83. The molecule has 2 aromatic carbocycles. The van der Waals surface area contributed by atoms with Gasteiger partial charge in [0.25, 0.3) is 0 Å². The molecule has 0 fully saturated rings. The van der Waals surface area contributed by atoms with Crippen LogP contribution in [-0.2, 0) is 6.42 Å². The van der Waals surface area contributed by atoms with Crippen LogP contribution in [0.2, 0.25) is 10.0 Å². The summed E-state index contributed by atoms with van der Waals surface area (Å²) in [5.41, 5.74) is 2.59. The molecule has 1 aromatic heterocycles. The third-order valence-corrected chi connectivity index (χ3v) is 5.25. The first kappa shape index (κ1) is 20.4. The Labute approximate surface area is 184 Å². The first-order valence-electron chi connectivity index (χ1n) is 9.50. The van der Waals surface area contributed by atoms with Crippen LogP contribution in [0.3, 0.4) is 0 Å². The number of Topliss-reactive ketones (excluding diaryl/α,β-unsaturated/α-hetero) is 1. The monoisotopic (exact) mass is 442 g/mol. The molecule has 1 aliphatic carbocycles. The van der Waals surface area contributed by atoms with Crippen molar-refractivity contribution in [3.63, 3.8) is 0 Å². The first-order valence-corrected chi connectivity index (χ1v) is 10.3. The van der Waals surface area contributed by atoms with Crippen molar-refractivity contribution in [1.82, 2.24) is 9.97 Å². The fourth-order valence-corrected chi connectivity index (χ4v) is 4.07. The highest BCUT2D eigenvalue weighted by atomic mass is 35.5. The summed E-state index contributed by atoms with van der Waals surface area (Å²) >= 11 is 12.3. The first-order chi connectivity index (χ1) is 14.4. The molecule has 1 unspecified atom stereocenters. The van der Waals surface area contributed by atoms with Gasteiger partial charge in [-0.1, -0.05) is 42.3 Å². The normalized spacial score (nSPS) is 15.5. The van der Waals surface area contributed by atoms with E-state index in [1.807, 2.05) is 31.2 Å². The van der Waals surface area contributed by atoms with Crippen LogP contribution in [0, 0.1) is 5.92 Å². The van der Waals surface area contributed by atoms with Crippen molar-refractivity contribution in [2.45, 2.75) is 19.8 Å². The molecule has 0 spiro atoms. The standard InChI is InChI=1S/C22H20Cl2N4O2/c1-12-7-17-20(18(29)8-12)21(25-15-10-13(23)9-14(24)11-15)28-22(27-17)26-16-5-3-4-6-19(16)30-2/h3-6,9-12H,7-8H2,1-2H3,(H2,25,26,27,28). The second kappa shape index (κ2) is 8.50. The summed E-state index contributed by atoms with van der Waals surface area (Å²) in [7, 11) is 1.60. The molecule has 3 aromatic rings. The van der Waals surface area contributed by atoms with Crippen LogP contribution in [0.15, 0.2) is 42.5 Å². The van der Waals surface area contributed by atoms with Crippen molar-refractivity contribution in [3.05, 3.63) is 63.8 Å². The van der Waals surface area contributed by atoms with Gasteiger partial charge in [0.2, 0.25) is 5.95 Å². The number of aromatic nitrogens is 2. The predicted octanol–water partition coefficient (Wildman–Crippen LogP) is 6.04. The lowest BCUT2D eigenvalue weighted by Crippen LogP contribution is -2.22. The van der Waals surface area contributed by atoms with E-state index >= 15 is 0 Å². The molecule has 8 heteroatoms. The van der Waals surface area contributed by atoms with Crippen LogP contribution in [0.5, 0.6) is 5.75 Å². The number of carbonyl (C=O) groups excluding carboxylic acids is 1. The molecule has 0 bridgehead atoms. The number of hydrogen-bond donors (Lipinski definition) is 2. The van der Waals surface area contributed by atoms with E-state index in [1.165, 1.54) is 0 Å². The summed E-state index contributed by atoms with van der Waals surface area (Å²) in [5, 5.41) is 7.38. The van der Waals surface area contributed by atoms with Crippen molar-refractivity contribution >= 4 is 52.1 Å². The molecule has 0 radical (unpaired) electrons. The number of fused-ring (bicyclic) bond motifs is 1. The number of nitrogens with one attached hydrogen (secondary N) is 2. The SMILES string of the molecule is COc1ccccc1Nc1nc2c(c(Nc3cc(Cl)cc(Cl)c3)n1)C(=O)CC(C)C2. The summed E-state index contributed by atoms with van der Waals surface area (Å²) in [5.74, 6) is 1.69. The molecule has 1 aliphatic rings. The maximum Gasteiger partial charge on any atom is 0.229 e. The lowest BCUT2D eigenvalue weighted by molar-refractivity contribution is 0.0953. The minimum atomic E-state index is 0.0169. The fourth-order valence-electron chi connectivity index (χ4n) is 3.55. The molecule has 1 atom stereocenters. The van der Waals surface area contributed by atoms with Crippen molar-refractivity contribution < 1.29 is 9.53 Å². The second-order valence-electron chi connectivity index (χ2n) is 7.26. The highest BCUT2D eigenvalue weighted by Crippen LogP contribution is 2.34. The lowest BCUT2D eigenvalue weighted by Gasteiger charge is -2.23. The van der Waals surface area contributed by atoms with Crippen LogP contribution in [0.1, 0.15) is 29.4 Å². The van der Waals surface area contributed by atoms with Gasteiger partial charge < -0.3 is 15.4 Å². The number of anilines is 4. The number of rotatable bonds is 5. The number of hydrogen-bond acceptors (Lipinski definition) is 6. The number of ether oxygens (including phenoxy) is 1. The van der Waals surface area contributed by atoms with E-state index in [9.17, 15) is 4.79 Å². The molecule has 0 amide bonds.